The van der Waals surface area contributed by atoms with Gasteiger partial charge < -0.3 is 16.0 Å². The number of nitrogens with one attached hydrogen (secondary N) is 1. The van der Waals surface area contributed by atoms with Gasteiger partial charge in [0.1, 0.15) is 0 Å². The van der Waals surface area contributed by atoms with Gasteiger partial charge in [-0.2, -0.15) is 0 Å². The molecular formula is C17H21N3O. The van der Waals surface area contributed by atoms with E-state index in [1.165, 1.54) is 0 Å². The Bertz CT molecular complexity index is 588. The monoisotopic (exact) mass is 283 g/mol. The van der Waals surface area contributed by atoms with Gasteiger partial charge >= 0.3 is 0 Å². The number of nitrogens with two attached hydrogens (primary N) is 1. The van der Waals surface area contributed by atoms with E-state index in [-0.39, 0.29) is 5.91 Å². The molecule has 110 valence electrons. The molecule has 1 amide bonds. The molecule has 0 unspecified atom stereocenters. The van der Waals surface area contributed by atoms with Gasteiger partial charge in [-0.1, -0.05) is 24.3 Å². The molecule has 2 aromatic carbocycles. The summed E-state index contributed by atoms with van der Waals surface area (Å²) >= 11 is 0. The lowest BCUT2D eigenvalue weighted by atomic mass is 10.1. The van der Waals surface area contributed by atoms with Crippen LogP contribution in [-0.2, 0) is 17.8 Å². The molecule has 0 aliphatic heterocycles. The number of carbonyl (C=O) groups is 1. The Kier molecular flexibility index (Phi) is 4.82. The molecular weight excluding hydrogens is 262 g/mol. The van der Waals surface area contributed by atoms with Gasteiger partial charge in [-0.3, -0.25) is 4.79 Å². The molecule has 2 rings (SSSR count). The maximum absolute atomic E-state index is 11.9. The van der Waals surface area contributed by atoms with Crippen molar-refractivity contribution in [1.82, 2.24) is 5.32 Å². The molecule has 0 atom stereocenters. The van der Waals surface area contributed by atoms with Crippen molar-refractivity contribution in [3.05, 3.63) is 59.7 Å². The molecule has 4 nitrogen and oxygen atoms in total. The Morgan fingerprint density at radius 2 is 1.57 bits per heavy atom. The van der Waals surface area contributed by atoms with Gasteiger partial charge in [0, 0.05) is 32.0 Å². The highest BCUT2D eigenvalue weighted by Crippen LogP contribution is 2.12. The maximum atomic E-state index is 11.9. The third-order valence-corrected chi connectivity index (χ3v) is 3.29. The van der Waals surface area contributed by atoms with Crippen molar-refractivity contribution in [1.29, 1.82) is 0 Å². The third kappa shape index (κ3) is 4.53. The molecule has 0 aliphatic carbocycles. The Hall–Kier alpha value is -2.49. The predicted octanol–water partition coefficient (Wildman–Crippen LogP) is 2.19. The standard InChI is InChI=1S/C17H21N3O/c1-20(2)16-9-5-14(6-10-16)12-19-17(21)11-13-3-7-15(18)8-4-13/h3-10H,11-12,18H2,1-2H3,(H,19,21). The minimum atomic E-state index is 0.0106. The van der Waals surface area contributed by atoms with Crippen molar-refractivity contribution in [2.45, 2.75) is 13.0 Å². The second-order valence-corrected chi connectivity index (χ2v) is 5.26. The highest BCUT2D eigenvalue weighted by Gasteiger charge is 2.03. The highest BCUT2D eigenvalue weighted by atomic mass is 16.1. The number of carbonyl (C=O) groups excluding carboxylic acids is 1. The second kappa shape index (κ2) is 6.79. The van der Waals surface area contributed by atoms with E-state index in [2.05, 4.69) is 5.32 Å². The van der Waals surface area contributed by atoms with Crippen molar-refractivity contribution < 1.29 is 4.79 Å². The summed E-state index contributed by atoms with van der Waals surface area (Å²) in [5.74, 6) is 0.0106. The lowest BCUT2D eigenvalue weighted by molar-refractivity contribution is -0.120. The average Bonchev–Trinajstić information content (AvgIpc) is 2.48. The van der Waals surface area contributed by atoms with Crippen LogP contribution >= 0.6 is 0 Å². The molecule has 0 aliphatic rings. The number of nitrogens with zero attached hydrogens (tertiary/aromatic N) is 1. The fourth-order valence-electron chi connectivity index (χ4n) is 2.00. The van der Waals surface area contributed by atoms with Gasteiger partial charge in [0.05, 0.1) is 6.42 Å². The zero-order valence-electron chi connectivity index (χ0n) is 12.5. The van der Waals surface area contributed by atoms with E-state index in [1.54, 1.807) is 0 Å². The van der Waals surface area contributed by atoms with Crippen LogP contribution in [0.25, 0.3) is 0 Å². The van der Waals surface area contributed by atoms with Gasteiger partial charge in [0.15, 0.2) is 0 Å². The molecule has 3 N–H and O–H groups in total. The van der Waals surface area contributed by atoms with Crippen molar-refractivity contribution >= 4 is 17.3 Å². The van der Waals surface area contributed by atoms with Crippen LogP contribution in [0.4, 0.5) is 11.4 Å². The Labute approximate surface area is 125 Å². The molecule has 0 saturated heterocycles. The van der Waals surface area contributed by atoms with E-state index >= 15 is 0 Å². The van der Waals surface area contributed by atoms with Crippen LogP contribution in [0.2, 0.25) is 0 Å². The molecule has 0 heterocycles. The lowest BCUT2D eigenvalue weighted by Crippen LogP contribution is -2.24. The van der Waals surface area contributed by atoms with Crippen LogP contribution in [0.1, 0.15) is 11.1 Å². The fourth-order valence-corrected chi connectivity index (χ4v) is 2.00. The Morgan fingerprint density at radius 1 is 1.00 bits per heavy atom. The number of amides is 1. The van der Waals surface area contributed by atoms with Crippen LogP contribution in [-0.4, -0.2) is 20.0 Å². The van der Waals surface area contributed by atoms with Crippen molar-refractivity contribution in [2.75, 3.05) is 24.7 Å². The minimum absolute atomic E-state index is 0.0106. The van der Waals surface area contributed by atoms with E-state index in [1.807, 2.05) is 67.5 Å². The molecule has 0 aromatic heterocycles. The summed E-state index contributed by atoms with van der Waals surface area (Å²) in [6.45, 7) is 0.543. The largest absolute Gasteiger partial charge is 0.399 e. The maximum Gasteiger partial charge on any atom is 0.224 e. The minimum Gasteiger partial charge on any atom is -0.399 e. The molecule has 4 heteroatoms. The fraction of sp³-hybridized carbons (Fsp3) is 0.235. The number of benzene rings is 2. The zero-order valence-corrected chi connectivity index (χ0v) is 12.5. The summed E-state index contributed by atoms with van der Waals surface area (Å²) < 4.78 is 0. The molecule has 0 fully saturated rings. The van der Waals surface area contributed by atoms with E-state index in [0.717, 1.165) is 16.8 Å². The van der Waals surface area contributed by atoms with Crippen molar-refractivity contribution in [2.24, 2.45) is 0 Å². The smallest absolute Gasteiger partial charge is 0.224 e. The Balaban J connectivity index is 1.84. The zero-order chi connectivity index (χ0) is 15.2. The normalized spacial score (nSPS) is 10.2. The quantitative estimate of drug-likeness (QED) is 0.827. The Morgan fingerprint density at radius 3 is 2.14 bits per heavy atom. The lowest BCUT2D eigenvalue weighted by Gasteiger charge is -2.13. The first-order valence-electron chi connectivity index (χ1n) is 6.92. The van der Waals surface area contributed by atoms with Crippen molar-refractivity contribution in [3.63, 3.8) is 0 Å². The number of rotatable bonds is 5. The van der Waals surface area contributed by atoms with Gasteiger partial charge in [-0.25, -0.2) is 0 Å². The third-order valence-electron chi connectivity index (χ3n) is 3.29. The van der Waals surface area contributed by atoms with Gasteiger partial charge in [0.25, 0.3) is 0 Å². The van der Waals surface area contributed by atoms with Gasteiger partial charge in [-0.15, -0.1) is 0 Å². The van der Waals surface area contributed by atoms with Crippen LogP contribution < -0.4 is 16.0 Å². The first-order valence-corrected chi connectivity index (χ1v) is 6.92. The first kappa shape index (κ1) is 14.9. The van der Waals surface area contributed by atoms with Gasteiger partial charge in [-0.05, 0) is 35.4 Å². The summed E-state index contributed by atoms with van der Waals surface area (Å²) in [5.41, 5.74) is 9.53. The number of hydrogen-bond donors (Lipinski definition) is 2. The summed E-state index contributed by atoms with van der Waals surface area (Å²) in [4.78, 5) is 13.9. The number of anilines is 2. The SMILES string of the molecule is CN(C)c1ccc(CNC(=O)Cc2ccc(N)cc2)cc1. The van der Waals surface area contributed by atoms with Crippen LogP contribution in [0.3, 0.4) is 0 Å². The van der Waals surface area contributed by atoms with E-state index in [9.17, 15) is 4.79 Å². The summed E-state index contributed by atoms with van der Waals surface area (Å²) in [6.07, 6.45) is 0.371. The van der Waals surface area contributed by atoms with Crippen LogP contribution in [0, 0.1) is 0 Å². The van der Waals surface area contributed by atoms with Crippen LogP contribution in [0.5, 0.6) is 0 Å². The molecule has 0 saturated carbocycles. The first-order chi connectivity index (χ1) is 10.0. The van der Waals surface area contributed by atoms with E-state index < -0.39 is 0 Å². The van der Waals surface area contributed by atoms with Gasteiger partial charge in [0.2, 0.25) is 5.91 Å². The molecule has 0 spiro atoms. The second-order valence-electron chi connectivity index (χ2n) is 5.26. The summed E-state index contributed by atoms with van der Waals surface area (Å²) in [7, 11) is 4.01. The molecule has 21 heavy (non-hydrogen) atoms. The summed E-state index contributed by atoms with van der Waals surface area (Å²) in [6, 6.07) is 15.5. The highest BCUT2D eigenvalue weighted by molar-refractivity contribution is 5.78. The number of hydrogen-bond acceptors (Lipinski definition) is 3. The number of nitrogen functional groups attached to an aromatic ring is 1. The molecule has 0 radical (unpaired) electrons. The van der Waals surface area contributed by atoms with E-state index in [0.29, 0.717) is 18.7 Å². The average molecular weight is 283 g/mol. The summed E-state index contributed by atoms with van der Waals surface area (Å²) in [5, 5.41) is 2.93. The van der Waals surface area contributed by atoms with E-state index in [4.69, 9.17) is 5.73 Å². The van der Waals surface area contributed by atoms with Crippen molar-refractivity contribution in [3.8, 4) is 0 Å². The van der Waals surface area contributed by atoms with Crippen LogP contribution in [0.15, 0.2) is 48.5 Å². The molecule has 2 aromatic rings. The topological polar surface area (TPSA) is 58.4 Å². The molecule has 0 bridgehead atoms. The predicted molar refractivity (Wildman–Crippen MR) is 87.2 cm³/mol.